The molecule has 0 unspecified atom stereocenters. The Morgan fingerprint density at radius 2 is 1.71 bits per heavy atom. The van der Waals surface area contributed by atoms with Gasteiger partial charge in [0, 0.05) is 11.3 Å². The molecular weight excluding hydrogens is 210 g/mol. The van der Waals surface area contributed by atoms with Gasteiger partial charge in [-0.25, -0.2) is 9.97 Å². The van der Waals surface area contributed by atoms with Crippen molar-refractivity contribution in [2.75, 3.05) is 5.73 Å². The molecule has 0 saturated carbocycles. The molecule has 3 heteroatoms. The van der Waals surface area contributed by atoms with E-state index in [-0.39, 0.29) is 0 Å². The summed E-state index contributed by atoms with van der Waals surface area (Å²) in [6.45, 7) is 6.26. The summed E-state index contributed by atoms with van der Waals surface area (Å²) in [5.41, 5.74) is 9.92. The van der Waals surface area contributed by atoms with Crippen molar-refractivity contribution < 1.29 is 0 Å². The Bertz CT molecular complexity index is 515. The summed E-state index contributed by atoms with van der Waals surface area (Å²) in [7, 11) is 0. The van der Waals surface area contributed by atoms with Crippen LogP contribution in [-0.2, 0) is 0 Å². The van der Waals surface area contributed by atoms with Crippen LogP contribution >= 0.6 is 0 Å². The van der Waals surface area contributed by atoms with Gasteiger partial charge in [0.15, 0.2) is 0 Å². The topological polar surface area (TPSA) is 51.8 Å². The lowest BCUT2D eigenvalue weighted by Gasteiger charge is -2.08. The maximum absolute atomic E-state index is 5.74. The molecule has 1 aromatic heterocycles. The smallest absolute Gasteiger partial charge is 0.220 e. The number of nitrogens with zero attached hydrogens (tertiary/aromatic N) is 2. The van der Waals surface area contributed by atoms with Gasteiger partial charge in [-0.2, -0.15) is 0 Å². The minimum atomic E-state index is 0.340. The molecule has 0 radical (unpaired) electrons. The highest BCUT2D eigenvalue weighted by Crippen LogP contribution is 2.22. The van der Waals surface area contributed by atoms with E-state index in [0.29, 0.717) is 11.9 Å². The van der Waals surface area contributed by atoms with Crippen molar-refractivity contribution in [2.24, 2.45) is 0 Å². The largest absolute Gasteiger partial charge is 0.368 e. The van der Waals surface area contributed by atoms with Gasteiger partial charge >= 0.3 is 0 Å². The Balaban J connectivity index is 2.48. The average molecular weight is 227 g/mol. The third-order valence-electron chi connectivity index (χ3n) is 2.70. The monoisotopic (exact) mass is 227 g/mol. The van der Waals surface area contributed by atoms with Crippen molar-refractivity contribution in [3.05, 3.63) is 41.6 Å². The van der Waals surface area contributed by atoms with E-state index in [1.54, 1.807) is 0 Å². The number of hydrogen-bond donors (Lipinski definition) is 1. The molecule has 0 saturated heterocycles. The molecule has 2 N–H and O–H groups in total. The molecule has 0 amide bonds. The maximum Gasteiger partial charge on any atom is 0.220 e. The third kappa shape index (κ3) is 2.61. The first kappa shape index (κ1) is 11.6. The van der Waals surface area contributed by atoms with Crippen molar-refractivity contribution in [1.82, 2.24) is 9.97 Å². The molecule has 17 heavy (non-hydrogen) atoms. The van der Waals surface area contributed by atoms with Crippen LogP contribution in [0.3, 0.4) is 0 Å². The van der Waals surface area contributed by atoms with Crippen LogP contribution in [-0.4, -0.2) is 9.97 Å². The van der Waals surface area contributed by atoms with E-state index in [2.05, 4.69) is 55.0 Å². The summed E-state index contributed by atoms with van der Waals surface area (Å²) in [6.07, 6.45) is 0. The van der Waals surface area contributed by atoms with Gasteiger partial charge in [-0.15, -0.1) is 0 Å². The molecule has 1 aromatic carbocycles. The first-order valence-electron chi connectivity index (χ1n) is 5.78. The fraction of sp³-hybridized carbons (Fsp3) is 0.286. The lowest BCUT2D eigenvalue weighted by atomic mass is 10.1. The molecule has 3 nitrogen and oxygen atoms in total. The van der Waals surface area contributed by atoms with Crippen LogP contribution in [0.25, 0.3) is 11.3 Å². The quantitative estimate of drug-likeness (QED) is 0.857. The maximum atomic E-state index is 5.74. The molecule has 0 bridgehead atoms. The highest BCUT2D eigenvalue weighted by atomic mass is 15.0. The third-order valence-corrected chi connectivity index (χ3v) is 2.70. The normalized spacial score (nSPS) is 10.8. The Hall–Kier alpha value is -1.90. The zero-order valence-corrected chi connectivity index (χ0v) is 10.4. The molecule has 0 aliphatic carbocycles. The lowest BCUT2D eigenvalue weighted by molar-refractivity contribution is 0.819. The standard InChI is InChI=1S/C14H17N3/c1-9(2)12-8-13(17-14(15)16-12)11-6-4-10(3)5-7-11/h4-9H,1-3H3,(H2,15,16,17). The van der Waals surface area contributed by atoms with E-state index in [1.165, 1.54) is 5.56 Å². The molecule has 0 spiro atoms. The van der Waals surface area contributed by atoms with Crippen LogP contribution < -0.4 is 5.73 Å². The summed E-state index contributed by atoms with van der Waals surface area (Å²) in [4.78, 5) is 8.53. The number of rotatable bonds is 2. The van der Waals surface area contributed by atoms with Gasteiger partial charge in [-0.3, -0.25) is 0 Å². The Labute approximate surface area is 102 Å². The lowest BCUT2D eigenvalue weighted by Crippen LogP contribution is -2.02. The van der Waals surface area contributed by atoms with E-state index in [1.807, 2.05) is 6.07 Å². The van der Waals surface area contributed by atoms with Crippen LogP contribution in [0.15, 0.2) is 30.3 Å². The van der Waals surface area contributed by atoms with Gasteiger partial charge < -0.3 is 5.73 Å². The first-order valence-corrected chi connectivity index (χ1v) is 5.78. The Morgan fingerprint density at radius 1 is 1.06 bits per heavy atom. The molecule has 2 aromatic rings. The van der Waals surface area contributed by atoms with Crippen molar-refractivity contribution in [3.63, 3.8) is 0 Å². The highest BCUT2D eigenvalue weighted by molar-refractivity contribution is 5.61. The van der Waals surface area contributed by atoms with E-state index in [4.69, 9.17) is 5.73 Å². The zero-order valence-electron chi connectivity index (χ0n) is 10.4. The van der Waals surface area contributed by atoms with Gasteiger partial charge in [0.25, 0.3) is 0 Å². The second-order valence-corrected chi connectivity index (χ2v) is 4.56. The van der Waals surface area contributed by atoms with Crippen molar-refractivity contribution >= 4 is 5.95 Å². The van der Waals surface area contributed by atoms with E-state index in [0.717, 1.165) is 17.0 Å². The minimum Gasteiger partial charge on any atom is -0.368 e. The fourth-order valence-electron chi connectivity index (χ4n) is 1.65. The predicted molar refractivity (Wildman–Crippen MR) is 70.7 cm³/mol. The van der Waals surface area contributed by atoms with Gasteiger partial charge in [-0.1, -0.05) is 43.7 Å². The molecule has 1 heterocycles. The fourth-order valence-corrected chi connectivity index (χ4v) is 1.65. The molecule has 2 rings (SSSR count). The average Bonchev–Trinajstić information content (AvgIpc) is 2.29. The summed E-state index contributed by atoms with van der Waals surface area (Å²) in [6, 6.07) is 10.3. The number of nitrogens with two attached hydrogens (primary N) is 1. The van der Waals surface area contributed by atoms with Crippen LogP contribution in [0.4, 0.5) is 5.95 Å². The molecule has 0 fully saturated rings. The summed E-state index contributed by atoms with van der Waals surface area (Å²) in [5, 5.41) is 0. The summed E-state index contributed by atoms with van der Waals surface area (Å²) < 4.78 is 0. The zero-order chi connectivity index (χ0) is 12.4. The Morgan fingerprint density at radius 3 is 2.29 bits per heavy atom. The molecule has 0 aliphatic rings. The molecule has 88 valence electrons. The second kappa shape index (κ2) is 4.53. The first-order chi connectivity index (χ1) is 8.06. The van der Waals surface area contributed by atoms with E-state index in [9.17, 15) is 0 Å². The molecular formula is C14H17N3. The van der Waals surface area contributed by atoms with Gasteiger partial charge in [0.2, 0.25) is 5.95 Å². The van der Waals surface area contributed by atoms with Crippen LogP contribution in [0, 0.1) is 6.92 Å². The van der Waals surface area contributed by atoms with Crippen LogP contribution in [0.5, 0.6) is 0 Å². The van der Waals surface area contributed by atoms with E-state index < -0.39 is 0 Å². The predicted octanol–water partition coefficient (Wildman–Crippen LogP) is 3.16. The molecule has 0 atom stereocenters. The number of nitrogen functional groups attached to an aromatic ring is 1. The number of anilines is 1. The van der Waals surface area contributed by atoms with Crippen molar-refractivity contribution in [1.29, 1.82) is 0 Å². The SMILES string of the molecule is Cc1ccc(-c2cc(C(C)C)nc(N)n2)cc1. The second-order valence-electron chi connectivity index (χ2n) is 4.56. The van der Waals surface area contributed by atoms with Crippen LogP contribution in [0.2, 0.25) is 0 Å². The van der Waals surface area contributed by atoms with Crippen LogP contribution in [0.1, 0.15) is 31.0 Å². The molecule has 0 aliphatic heterocycles. The van der Waals surface area contributed by atoms with Gasteiger partial charge in [-0.05, 0) is 18.9 Å². The van der Waals surface area contributed by atoms with Crippen molar-refractivity contribution in [2.45, 2.75) is 26.7 Å². The van der Waals surface area contributed by atoms with Crippen molar-refractivity contribution in [3.8, 4) is 11.3 Å². The summed E-state index contributed by atoms with van der Waals surface area (Å²) in [5.74, 6) is 0.691. The minimum absolute atomic E-state index is 0.340. The number of hydrogen-bond acceptors (Lipinski definition) is 3. The number of benzene rings is 1. The number of aryl methyl sites for hydroxylation is 1. The Kier molecular flexibility index (Phi) is 3.09. The van der Waals surface area contributed by atoms with E-state index >= 15 is 0 Å². The number of aromatic nitrogens is 2. The van der Waals surface area contributed by atoms with Gasteiger partial charge in [0.1, 0.15) is 0 Å². The summed E-state index contributed by atoms with van der Waals surface area (Å²) >= 11 is 0. The highest BCUT2D eigenvalue weighted by Gasteiger charge is 2.07. The van der Waals surface area contributed by atoms with Gasteiger partial charge in [0.05, 0.1) is 5.69 Å².